The molecule has 0 radical (unpaired) electrons. The molecule has 0 atom stereocenters. The molecule has 4 aromatic heterocycles. The van der Waals surface area contributed by atoms with Gasteiger partial charge in [0.1, 0.15) is 28.3 Å². The lowest BCUT2D eigenvalue weighted by Gasteiger charge is -2.20. The summed E-state index contributed by atoms with van der Waals surface area (Å²) < 4.78 is 14.9. The van der Waals surface area contributed by atoms with Gasteiger partial charge in [0.15, 0.2) is 0 Å². The van der Waals surface area contributed by atoms with Crippen molar-refractivity contribution in [3.8, 4) is 78.6 Å². The van der Waals surface area contributed by atoms with Gasteiger partial charge in [-0.15, -0.1) is 0 Å². The van der Waals surface area contributed by atoms with Crippen LogP contribution in [0.4, 0.5) is 0 Å². The topological polar surface area (TPSA) is 77.2 Å². The van der Waals surface area contributed by atoms with Crippen LogP contribution in [-0.2, 0) is 0 Å². The highest BCUT2D eigenvalue weighted by molar-refractivity contribution is 6.19. The van der Waals surface area contributed by atoms with E-state index in [1.165, 1.54) is 16.7 Å². The Kier molecular flexibility index (Phi) is 9.24. The fourth-order valence-electron chi connectivity index (χ4n) is 9.98. The van der Waals surface area contributed by atoms with Crippen LogP contribution in [0.2, 0.25) is 0 Å². The molecule has 0 spiro atoms. The van der Waals surface area contributed by atoms with E-state index in [1.807, 2.05) is 60.7 Å². The number of phenols is 1. The highest BCUT2D eigenvalue weighted by atomic mass is 16.4. The zero-order valence-corrected chi connectivity index (χ0v) is 37.1. The molecular formula is C60H45N3O3. The summed E-state index contributed by atoms with van der Waals surface area (Å²) in [6.07, 6.45) is 0. The molecule has 4 heterocycles. The number of imidazole rings is 1. The molecule has 0 aliphatic rings. The number of nitrogens with zero attached hydrogens (tertiary/aromatic N) is 3. The Morgan fingerprint density at radius 2 is 1.06 bits per heavy atom. The van der Waals surface area contributed by atoms with Crippen LogP contribution < -0.4 is 0 Å². The third-order valence-electron chi connectivity index (χ3n) is 13.1. The average molecular weight is 856 g/mol. The molecule has 6 heteroatoms. The van der Waals surface area contributed by atoms with E-state index in [0.29, 0.717) is 28.9 Å². The molecule has 8 aromatic carbocycles. The number of hydrogen-bond acceptors (Lipinski definition) is 5. The summed E-state index contributed by atoms with van der Waals surface area (Å²) in [5.41, 5.74) is 18.8. The van der Waals surface area contributed by atoms with Gasteiger partial charge in [0, 0.05) is 22.9 Å². The second-order valence-corrected chi connectivity index (χ2v) is 17.9. The van der Waals surface area contributed by atoms with Crippen molar-refractivity contribution in [3.63, 3.8) is 0 Å². The number of benzene rings is 8. The minimum absolute atomic E-state index is 0.172. The third kappa shape index (κ3) is 6.40. The van der Waals surface area contributed by atoms with Crippen molar-refractivity contribution in [3.05, 3.63) is 193 Å². The standard InChI is InChI=1S/C60H45N3O3/c1-35(2)43-22-13-23-44(36(3)4)55(43)38-28-29-48(51(64)33-38)59-62-58-47(24-14-25-50(58)63(59)42-18-9-6-10-19-42)40-30-39(46-21-12-11-20-45(46)37-16-7-5-8-17-37)31-41(32-40)49-34-54-57-56-52(65-54)26-15-27-53(56)66-60(57)61-49/h5-36,64H,1-4H3. The van der Waals surface area contributed by atoms with Gasteiger partial charge >= 0.3 is 0 Å². The van der Waals surface area contributed by atoms with E-state index in [2.05, 4.69) is 154 Å². The largest absolute Gasteiger partial charge is 0.507 e. The molecule has 0 aliphatic carbocycles. The molecule has 12 aromatic rings. The number of phenolic OH excluding ortho intramolecular Hbond substituents is 1. The number of pyridine rings is 1. The predicted molar refractivity (Wildman–Crippen MR) is 270 cm³/mol. The molecule has 0 fully saturated rings. The first kappa shape index (κ1) is 39.4. The fraction of sp³-hybridized carbons (Fsp3) is 0.100. The molecular weight excluding hydrogens is 811 g/mol. The molecule has 0 aliphatic heterocycles. The number of aromatic nitrogens is 3. The zero-order chi connectivity index (χ0) is 44.6. The second kappa shape index (κ2) is 15.5. The van der Waals surface area contributed by atoms with Crippen LogP contribution >= 0.6 is 0 Å². The Morgan fingerprint density at radius 3 is 1.77 bits per heavy atom. The first-order valence-corrected chi connectivity index (χ1v) is 22.7. The Balaban J connectivity index is 1.08. The first-order chi connectivity index (χ1) is 32.3. The Labute approximate surface area is 382 Å². The Morgan fingerprint density at radius 1 is 0.455 bits per heavy atom. The summed E-state index contributed by atoms with van der Waals surface area (Å²) in [4.78, 5) is 10.7. The molecule has 0 saturated heterocycles. The highest BCUT2D eigenvalue weighted by Crippen LogP contribution is 2.45. The number of furan rings is 2. The van der Waals surface area contributed by atoms with E-state index < -0.39 is 0 Å². The maximum absolute atomic E-state index is 12.2. The minimum atomic E-state index is 0.172. The summed E-state index contributed by atoms with van der Waals surface area (Å²) in [5.74, 6) is 1.45. The SMILES string of the molecule is CC(C)c1cccc(C(C)C)c1-c1ccc(-c2nc3c(-c4cc(-c5cc6oc7cccc8oc(n5)c6c78)cc(-c5ccccc5-c5ccccc5)c4)cccc3n2-c2ccccc2)c(O)c1. The van der Waals surface area contributed by atoms with Gasteiger partial charge in [-0.1, -0.05) is 143 Å². The lowest BCUT2D eigenvalue weighted by atomic mass is 9.85. The average Bonchev–Trinajstić information content (AvgIpc) is 4.06. The molecule has 6 nitrogen and oxygen atoms in total. The summed E-state index contributed by atoms with van der Waals surface area (Å²) in [5, 5.41) is 14.0. The van der Waals surface area contributed by atoms with Crippen LogP contribution in [0, 0.1) is 0 Å². The molecule has 0 bridgehead atoms. The molecule has 12 rings (SSSR count). The van der Waals surface area contributed by atoms with Gasteiger partial charge in [-0.2, -0.15) is 0 Å². The number of rotatable bonds is 9. The van der Waals surface area contributed by atoms with E-state index in [9.17, 15) is 5.11 Å². The summed E-state index contributed by atoms with van der Waals surface area (Å²) in [6.45, 7) is 8.91. The van der Waals surface area contributed by atoms with Crippen molar-refractivity contribution in [2.24, 2.45) is 0 Å². The second-order valence-electron chi connectivity index (χ2n) is 17.9. The van der Waals surface area contributed by atoms with Crippen LogP contribution in [0.5, 0.6) is 5.75 Å². The van der Waals surface area contributed by atoms with Gasteiger partial charge in [0.05, 0.1) is 33.1 Å². The smallest absolute Gasteiger partial charge is 0.231 e. The normalized spacial score (nSPS) is 12.0. The van der Waals surface area contributed by atoms with E-state index in [0.717, 1.165) is 94.4 Å². The van der Waals surface area contributed by atoms with Gasteiger partial charge in [0.2, 0.25) is 5.71 Å². The van der Waals surface area contributed by atoms with Crippen LogP contribution in [-0.4, -0.2) is 19.6 Å². The van der Waals surface area contributed by atoms with E-state index in [-0.39, 0.29) is 5.75 Å². The summed E-state index contributed by atoms with van der Waals surface area (Å²) in [6, 6.07) is 62.9. The van der Waals surface area contributed by atoms with E-state index in [1.54, 1.807) is 0 Å². The van der Waals surface area contributed by atoms with Crippen LogP contribution in [0.25, 0.3) is 117 Å². The maximum atomic E-state index is 12.2. The van der Waals surface area contributed by atoms with Crippen molar-refractivity contribution in [2.45, 2.75) is 39.5 Å². The van der Waals surface area contributed by atoms with E-state index >= 15 is 0 Å². The van der Waals surface area contributed by atoms with Crippen molar-refractivity contribution in [1.82, 2.24) is 14.5 Å². The van der Waals surface area contributed by atoms with Crippen molar-refractivity contribution < 1.29 is 13.9 Å². The van der Waals surface area contributed by atoms with Crippen molar-refractivity contribution in [2.75, 3.05) is 0 Å². The summed E-state index contributed by atoms with van der Waals surface area (Å²) >= 11 is 0. The number of hydrogen-bond donors (Lipinski definition) is 1. The Bertz CT molecular complexity index is 3700. The fourth-order valence-corrected chi connectivity index (χ4v) is 9.98. The Hall–Kier alpha value is -8.22. The number of fused-ring (bicyclic) bond motifs is 1. The first-order valence-electron chi connectivity index (χ1n) is 22.7. The van der Waals surface area contributed by atoms with Crippen LogP contribution in [0.15, 0.2) is 191 Å². The molecule has 66 heavy (non-hydrogen) atoms. The predicted octanol–water partition coefficient (Wildman–Crippen LogP) is 16.5. The van der Waals surface area contributed by atoms with Crippen molar-refractivity contribution in [1.29, 1.82) is 0 Å². The van der Waals surface area contributed by atoms with Crippen molar-refractivity contribution >= 4 is 44.3 Å². The molecule has 0 amide bonds. The van der Waals surface area contributed by atoms with Gasteiger partial charge in [0.25, 0.3) is 0 Å². The lowest BCUT2D eigenvalue weighted by molar-refractivity contribution is 0.477. The van der Waals surface area contributed by atoms with Gasteiger partial charge < -0.3 is 13.9 Å². The van der Waals surface area contributed by atoms with E-state index in [4.69, 9.17) is 18.8 Å². The molecule has 318 valence electrons. The van der Waals surface area contributed by atoms with Gasteiger partial charge in [-0.3, -0.25) is 4.57 Å². The van der Waals surface area contributed by atoms with Crippen LogP contribution in [0.3, 0.4) is 0 Å². The van der Waals surface area contributed by atoms with Gasteiger partial charge in [-0.05, 0) is 123 Å². The number of para-hydroxylation sites is 2. The molecule has 0 unspecified atom stereocenters. The lowest BCUT2D eigenvalue weighted by Crippen LogP contribution is -2.00. The number of aromatic hydroxyl groups is 1. The molecule has 1 N–H and O–H groups in total. The maximum Gasteiger partial charge on any atom is 0.231 e. The quantitative estimate of drug-likeness (QED) is 0.156. The van der Waals surface area contributed by atoms with Gasteiger partial charge in [-0.25, -0.2) is 9.97 Å². The zero-order valence-electron chi connectivity index (χ0n) is 37.1. The third-order valence-corrected chi connectivity index (χ3v) is 13.1. The molecule has 0 saturated carbocycles. The highest BCUT2D eigenvalue weighted by Gasteiger charge is 2.24. The monoisotopic (exact) mass is 855 g/mol. The summed E-state index contributed by atoms with van der Waals surface area (Å²) in [7, 11) is 0. The van der Waals surface area contributed by atoms with Crippen LogP contribution in [0.1, 0.15) is 50.7 Å². The minimum Gasteiger partial charge on any atom is -0.507 e.